The van der Waals surface area contributed by atoms with Gasteiger partial charge >= 0.3 is 0 Å². The van der Waals surface area contributed by atoms with Crippen molar-refractivity contribution in [2.75, 3.05) is 46.4 Å². The number of hydrogen-bond donors (Lipinski definition) is 1. The van der Waals surface area contributed by atoms with Gasteiger partial charge in [-0.3, -0.25) is 14.6 Å². The van der Waals surface area contributed by atoms with E-state index < -0.39 is 6.10 Å². The molecule has 0 radical (unpaired) electrons. The molecule has 2 aliphatic rings. The zero-order valence-corrected chi connectivity index (χ0v) is 20.1. The first-order chi connectivity index (χ1) is 16.5. The van der Waals surface area contributed by atoms with Crippen LogP contribution in [0.25, 0.3) is 10.8 Å². The van der Waals surface area contributed by atoms with Crippen molar-refractivity contribution >= 4 is 28.3 Å². The summed E-state index contributed by atoms with van der Waals surface area (Å²) < 4.78 is 5.53. The molecule has 0 aromatic heterocycles. The molecule has 6 nitrogen and oxygen atoms in total. The number of aliphatic hydroxyl groups excluding tert-OH is 1. The maximum atomic E-state index is 12.9. The van der Waals surface area contributed by atoms with Crippen LogP contribution in [0.1, 0.15) is 15.9 Å². The van der Waals surface area contributed by atoms with Gasteiger partial charge in [0.25, 0.3) is 5.91 Å². The average Bonchev–Trinajstić information content (AvgIpc) is 3.26. The zero-order valence-electron chi connectivity index (χ0n) is 19.4. The smallest absolute Gasteiger partial charge is 0.253 e. The van der Waals surface area contributed by atoms with Crippen molar-refractivity contribution in [2.24, 2.45) is 0 Å². The Morgan fingerprint density at radius 2 is 1.68 bits per heavy atom. The summed E-state index contributed by atoms with van der Waals surface area (Å²) in [5.41, 5.74) is 1.90. The van der Waals surface area contributed by atoms with Crippen molar-refractivity contribution < 1.29 is 14.6 Å². The number of carbonyl (C=O) groups excluding carboxylic acids is 1. The van der Waals surface area contributed by atoms with E-state index in [9.17, 15) is 9.90 Å². The summed E-state index contributed by atoms with van der Waals surface area (Å²) in [6.07, 6.45) is -0.534. The van der Waals surface area contributed by atoms with Crippen LogP contribution in [0.15, 0.2) is 60.7 Å². The van der Waals surface area contributed by atoms with E-state index in [1.54, 1.807) is 36.3 Å². The molecule has 0 saturated carbocycles. The monoisotopic (exact) mass is 479 g/mol. The molecule has 0 spiro atoms. The molecular formula is C27H30ClN3O3. The number of nitrogens with zero attached hydrogens (tertiary/aromatic N) is 3. The van der Waals surface area contributed by atoms with Gasteiger partial charge in [-0.2, -0.15) is 0 Å². The Bertz CT molecular complexity index is 1160. The fraction of sp³-hybridized carbons (Fsp3) is 0.370. The van der Waals surface area contributed by atoms with Crippen molar-refractivity contribution in [1.29, 1.82) is 0 Å². The lowest BCUT2D eigenvalue weighted by molar-refractivity contribution is 0.0424. The number of benzene rings is 3. The lowest BCUT2D eigenvalue weighted by atomic mass is 10.0. The van der Waals surface area contributed by atoms with Gasteiger partial charge in [-0.15, -0.1) is 0 Å². The quantitative estimate of drug-likeness (QED) is 0.607. The van der Waals surface area contributed by atoms with E-state index in [1.807, 2.05) is 6.07 Å². The minimum absolute atomic E-state index is 0.0276. The predicted octanol–water partition coefficient (Wildman–Crippen LogP) is 3.50. The van der Waals surface area contributed by atoms with Crippen molar-refractivity contribution in [3.8, 4) is 5.75 Å². The average molecular weight is 480 g/mol. The Morgan fingerprint density at radius 1 is 0.971 bits per heavy atom. The first-order valence-electron chi connectivity index (χ1n) is 11.8. The molecule has 2 unspecified atom stereocenters. The number of methoxy groups -OCH3 is 1. The van der Waals surface area contributed by atoms with Gasteiger partial charge in [0.1, 0.15) is 5.75 Å². The second kappa shape index (κ2) is 9.92. The van der Waals surface area contributed by atoms with Gasteiger partial charge in [0, 0.05) is 61.8 Å². The van der Waals surface area contributed by atoms with Gasteiger partial charge in [-0.1, -0.05) is 41.9 Å². The normalized spacial score (nSPS) is 21.8. The Balaban J connectivity index is 1.20. The minimum Gasteiger partial charge on any atom is -0.496 e. The van der Waals surface area contributed by atoms with Gasteiger partial charge in [-0.05, 0) is 41.3 Å². The minimum atomic E-state index is -0.534. The number of piperazine rings is 1. The van der Waals surface area contributed by atoms with Crippen LogP contribution in [0.4, 0.5) is 0 Å². The molecular weight excluding hydrogens is 450 g/mol. The van der Waals surface area contributed by atoms with E-state index >= 15 is 0 Å². The molecule has 2 saturated heterocycles. The number of rotatable bonds is 5. The van der Waals surface area contributed by atoms with Crippen molar-refractivity contribution in [1.82, 2.24) is 14.7 Å². The van der Waals surface area contributed by atoms with Crippen LogP contribution in [0.3, 0.4) is 0 Å². The SMILES string of the molecule is COc1ccc(CN2CCN(C3CN(C(=O)c4ccc(Cl)cc4)CC3O)CC2)c2ccccc12. The summed E-state index contributed by atoms with van der Waals surface area (Å²) in [5.74, 6) is 0.848. The Morgan fingerprint density at radius 3 is 2.38 bits per heavy atom. The Labute approximate surface area is 205 Å². The van der Waals surface area contributed by atoms with Crippen LogP contribution in [0.2, 0.25) is 5.02 Å². The molecule has 2 heterocycles. The van der Waals surface area contributed by atoms with Crippen molar-refractivity contribution in [3.63, 3.8) is 0 Å². The molecule has 5 rings (SSSR count). The molecule has 2 aliphatic heterocycles. The summed E-state index contributed by atoms with van der Waals surface area (Å²) in [4.78, 5) is 19.4. The third-order valence-electron chi connectivity index (χ3n) is 7.10. The Kier molecular flexibility index (Phi) is 6.75. The molecule has 3 aromatic rings. The van der Waals surface area contributed by atoms with Crippen LogP contribution in [-0.4, -0.2) is 84.2 Å². The molecule has 7 heteroatoms. The second-order valence-corrected chi connectivity index (χ2v) is 9.57. The summed E-state index contributed by atoms with van der Waals surface area (Å²) in [6, 6.07) is 19.5. The topological polar surface area (TPSA) is 56.2 Å². The fourth-order valence-electron chi connectivity index (χ4n) is 5.21. The zero-order chi connectivity index (χ0) is 23.7. The maximum absolute atomic E-state index is 12.9. The molecule has 0 aliphatic carbocycles. The summed E-state index contributed by atoms with van der Waals surface area (Å²) >= 11 is 5.95. The van der Waals surface area contributed by atoms with Crippen LogP contribution >= 0.6 is 11.6 Å². The van der Waals surface area contributed by atoms with Crippen LogP contribution in [0, 0.1) is 0 Å². The van der Waals surface area contributed by atoms with Gasteiger partial charge < -0.3 is 14.7 Å². The number of aliphatic hydroxyl groups is 1. The number of β-amino-alcohol motifs (C(OH)–C–C–N with tert-alkyl or cyclic N) is 1. The number of fused-ring (bicyclic) bond motifs is 1. The van der Waals surface area contributed by atoms with E-state index in [1.165, 1.54) is 10.9 Å². The van der Waals surface area contributed by atoms with Crippen LogP contribution < -0.4 is 4.74 Å². The molecule has 3 aromatic carbocycles. The molecule has 1 amide bonds. The highest BCUT2D eigenvalue weighted by Gasteiger charge is 2.38. The Hall–Kier alpha value is -2.64. The number of amides is 1. The van der Waals surface area contributed by atoms with Crippen molar-refractivity contribution in [2.45, 2.75) is 18.7 Å². The van der Waals surface area contributed by atoms with Gasteiger partial charge in [0.05, 0.1) is 19.3 Å². The van der Waals surface area contributed by atoms with E-state index in [-0.39, 0.29) is 11.9 Å². The highest BCUT2D eigenvalue weighted by atomic mass is 35.5. The van der Waals surface area contributed by atoms with Gasteiger partial charge in [-0.25, -0.2) is 0 Å². The maximum Gasteiger partial charge on any atom is 0.253 e. The molecule has 2 fully saturated rings. The molecule has 34 heavy (non-hydrogen) atoms. The summed E-state index contributed by atoms with van der Waals surface area (Å²) in [7, 11) is 1.71. The number of ether oxygens (including phenoxy) is 1. The van der Waals surface area contributed by atoms with Crippen LogP contribution in [0.5, 0.6) is 5.75 Å². The van der Waals surface area contributed by atoms with Gasteiger partial charge in [0.15, 0.2) is 0 Å². The first kappa shape index (κ1) is 23.1. The van der Waals surface area contributed by atoms with Gasteiger partial charge in [0.2, 0.25) is 0 Å². The highest BCUT2D eigenvalue weighted by Crippen LogP contribution is 2.29. The lowest BCUT2D eigenvalue weighted by Gasteiger charge is -2.39. The van der Waals surface area contributed by atoms with E-state index in [2.05, 4.69) is 40.1 Å². The third kappa shape index (κ3) is 4.64. The highest BCUT2D eigenvalue weighted by molar-refractivity contribution is 6.30. The number of likely N-dealkylation sites (tertiary alicyclic amines) is 1. The van der Waals surface area contributed by atoms with Crippen molar-refractivity contribution in [3.05, 3.63) is 76.8 Å². The largest absolute Gasteiger partial charge is 0.496 e. The number of carbonyl (C=O) groups is 1. The number of hydrogen-bond acceptors (Lipinski definition) is 5. The summed E-state index contributed by atoms with van der Waals surface area (Å²) in [5, 5.41) is 13.7. The molecule has 1 N–H and O–H groups in total. The summed E-state index contributed by atoms with van der Waals surface area (Å²) in [6.45, 7) is 5.39. The number of halogens is 1. The molecule has 2 atom stereocenters. The predicted molar refractivity (Wildman–Crippen MR) is 135 cm³/mol. The first-order valence-corrected chi connectivity index (χ1v) is 12.1. The second-order valence-electron chi connectivity index (χ2n) is 9.14. The fourth-order valence-corrected chi connectivity index (χ4v) is 5.34. The van der Waals surface area contributed by atoms with E-state index in [4.69, 9.17) is 16.3 Å². The standard InChI is InChI=1S/C27H30ClN3O3/c1-34-26-11-8-20(22-4-2-3-5-23(22)26)16-29-12-14-30(15-13-29)24-17-31(18-25(24)32)27(33)19-6-9-21(28)10-7-19/h2-11,24-25,32H,12-18H2,1H3. The van der Waals surface area contributed by atoms with Crippen LogP contribution in [-0.2, 0) is 6.54 Å². The van der Waals surface area contributed by atoms with E-state index in [0.29, 0.717) is 23.7 Å². The molecule has 0 bridgehead atoms. The van der Waals surface area contributed by atoms with E-state index in [0.717, 1.165) is 43.9 Å². The molecule has 178 valence electrons. The lowest BCUT2D eigenvalue weighted by Crippen LogP contribution is -2.53. The third-order valence-corrected chi connectivity index (χ3v) is 7.35.